The van der Waals surface area contributed by atoms with E-state index < -0.39 is 29.8 Å². The molecule has 0 aliphatic heterocycles. The van der Waals surface area contributed by atoms with Crippen LogP contribution in [0.5, 0.6) is 0 Å². The van der Waals surface area contributed by atoms with Crippen molar-refractivity contribution in [3.63, 3.8) is 0 Å². The van der Waals surface area contributed by atoms with Crippen molar-refractivity contribution in [2.45, 2.75) is 51.3 Å². The molecule has 0 spiro atoms. The number of hydrogen-bond donors (Lipinski definition) is 1. The molecule has 1 aromatic carbocycles. The van der Waals surface area contributed by atoms with Gasteiger partial charge in [0.2, 0.25) is 0 Å². The van der Waals surface area contributed by atoms with E-state index in [-0.39, 0.29) is 17.3 Å². The van der Waals surface area contributed by atoms with Gasteiger partial charge in [-0.1, -0.05) is 13.0 Å². The molecule has 3 rings (SSSR count). The second-order valence-corrected chi connectivity index (χ2v) is 7.16. The van der Waals surface area contributed by atoms with Gasteiger partial charge in [0.25, 0.3) is 12.3 Å². The van der Waals surface area contributed by atoms with Gasteiger partial charge in [0, 0.05) is 11.8 Å². The minimum Gasteiger partial charge on any atom is -0.319 e. The molecule has 1 heterocycles. The first-order valence-corrected chi connectivity index (χ1v) is 9.01. The Hall–Kier alpha value is -2.45. The van der Waals surface area contributed by atoms with Crippen molar-refractivity contribution in [1.82, 2.24) is 9.78 Å². The fraction of sp³-hybridized carbons (Fsp3) is 0.474. The molecule has 152 valence electrons. The zero-order valence-corrected chi connectivity index (χ0v) is 15.1. The molecule has 0 bridgehead atoms. The molecule has 0 atom stereocenters. The van der Waals surface area contributed by atoms with Crippen molar-refractivity contribution >= 4 is 11.6 Å². The second kappa shape index (κ2) is 7.89. The molecule has 1 amide bonds. The average Bonchev–Trinajstić information content (AvgIpc) is 3.06. The number of hydrogen-bond acceptors (Lipinski definition) is 2. The van der Waals surface area contributed by atoms with Gasteiger partial charge in [0.1, 0.15) is 0 Å². The molecule has 9 heteroatoms. The smallest absolute Gasteiger partial charge is 0.319 e. The Balaban J connectivity index is 1.82. The van der Waals surface area contributed by atoms with E-state index in [1.54, 1.807) is 0 Å². The third kappa shape index (κ3) is 4.51. The van der Waals surface area contributed by atoms with Gasteiger partial charge in [-0.3, -0.25) is 9.48 Å². The molecule has 0 unspecified atom stereocenters. The van der Waals surface area contributed by atoms with Gasteiger partial charge < -0.3 is 5.32 Å². The Bertz CT molecular complexity index is 838. The summed E-state index contributed by atoms with van der Waals surface area (Å²) < 4.78 is 66.6. The molecule has 1 aromatic heterocycles. The SMILES string of the molecule is CC1CCC(n2cc(NC(=O)c3cccc(C(F)(F)F)c3)c(C(F)F)n2)CC1. The fourth-order valence-corrected chi connectivity index (χ4v) is 3.39. The fourth-order valence-electron chi connectivity index (χ4n) is 3.39. The Morgan fingerprint density at radius 2 is 1.89 bits per heavy atom. The van der Waals surface area contributed by atoms with Crippen LogP contribution in [-0.4, -0.2) is 15.7 Å². The van der Waals surface area contributed by atoms with Gasteiger partial charge in [-0.25, -0.2) is 8.78 Å². The minimum absolute atomic E-state index is 0.0343. The molecule has 0 radical (unpaired) electrons. The number of amides is 1. The lowest BCUT2D eigenvalue weighted by atomic mass is 9.87. The second-order valence-electron chi connectivity index (χ2n) is 7.16. The summed E-state index contributed by atoms with van der Waals surface area (Å²) in [6, 6.07) is 3.78. The number of aromatic nitrogens is 2. The molecule has 0 saturated heterocycles. The summed E-state index contributed by atoms with van der Waals surface area (Å²) in [5.41, 5.74) is -2.02. The highest BCUT2D eigenvalue weighted by atomic mass is 19.4. The highest BCUT2D eigenvalue weighted by Crippen LogP contribution is 2.35. The highest BCUT2D eigenvalue weighted by molar-refractivity contribution is 6.04. The number of carbonyl (C=O) groups is 1. The van der Waals surface area contributed by atoms with Crippen LogP contribution in [0.1, 0.15) is 66.7 Å². The lowest BCUT2D eigenvalue weighted by Crippen LogP contribution is -2.17. The van der Waals surface area contributed by atoms with E-state index in [0.717, 1.165) is 37.8 Å². The minimum atomic E-state index is -4.60. The van der Waals surface area contributed by atoms with Gasteiger partial charge in [-0.15, -0.1) is 0 Å². The summed E-state index contributed by atoms with van der Waals surface area (Å²) in [7, 11) is 0. The Kier molecular flexibility index (Phi) is 5.71. The van der Waals surface area contributed by atoms with Crippen molar-refractivity contribution in [2.24, 2.45) is 5.92 Å². The van der Waals surface area contributed by atoms with Crippen molar-refractivity contribution in [2.75, 3.05) is 5.32 Å². The largest absolute Gasteiger partial charge is 0.416 e. The molecule has 1 aliphatic rings. The summed E-state index contributed by atoms with van der Waals surface area (Å²) in [5.74, 6) is -0.328. The van der Waals surface area contributed by atoms with E-state index in [9.17, 15) is 26.7 Å². The Labute approximate surface area is 158 Å². The molecule has 1 N–H and O–H groups in total. The maximum Gasteiger partial charge on any atom is 0.416 e. The van der Waals surface area contributed by atoms with E-state index in [1.165, 1.54) is 16.9 Å². The number of benzene rings is 1. The van der Waals surface area contributed by atoms with Crippen LogP contribution in [0.3, 0.4) is 0 Å². The summed E-state index contributed by atoms with van der Waals surface area (Å²) in [4.78, 5) is 12.3. The zero-order valence-electron chi connectivity index (χ0n) is 15.1. The van der Waals surface area contributed by atoms with E-state index in [2.05, 4.69) is 17.3 Å². The van der Waals surface area contributed by atoms with Crippen LogP contribution in [0, 0.1) is 5.92 Å². The van der Waals surface area contributed by atoms with Crippen molar-refractivity contribution in [3.8, 4) is 0 Å². The number of nitrogens with zero attached hydrogens (tertiary/aromatic N) is 2. The Morgan fingerprint density at radius 3 is 2.50 bits per heavy atom. The van der Waals surface area contributed by atoms with Crippen LogP contribution in [0.2, 0.25) is 0 Å². The average molecular weight is 401 g/mol. The van der Waals surface area contributed by atoms with Gasteiger partial charge in [-0.05, 0) is 49.8 Å². The van der Waals surface area contributed by atoms with Crippen LogP contribution >= 0.6 is 0 Å². The molecular weight excluding hydrogens is 381 g/mol. The summed E-state index contributed by atoms with van der Waals surface area (Å²) in [6.45, 7) is 2.13. The molecule has 4 nitrogen and oxygen atoms in total. The lowest BCUT2D eigenvalue weighted by molar-refractivity contribution is -0.137. The van der Waals surface area contributed by atoms with Gasteiger partial charge >= 0.3 is 6.18 Å². The number of rotatable bonds is 4. The summed E-state index contributed by atoms with van der Waals surface area (Å²) >= 11 is 0. The zero-order chi connectivity index (χ0) is 20.5. The van der Waals surface area contributed by atoms with Crippen LogP contribution in [-0.2, 0) is 6.18 Å². The standard InChI is InChI=1S/C19H20F5N3O/c1-11-5-7-14(8-6-11)27-10-15(16(26-27)17(20)21)25-18(28)12-3-2-4-13(9-12)19(22,23)24/h2-4,9-11,14,17H,5-8H2,1H3,(H,25,28). The number of halogens is 5. The van der Waals surface area contributed by atoms with E-state index in [4.69, 9.17) is 0 Å². The predicted octanol–water partition coefficient (Wildman–Crippen LogP) is 5.84. The molecule has 1 saturated carbocycles. The molecular formula is C19H20F5N3O. The van der Waals surface area contributed by atoms with Crippen molar-refractivity contribution in [1.29, 1.82) is 0 Å². The maximum absolute atomic E-state index is 13.4. The lowest BCUT2D eigenvalue weighted by Gasteiger charge is -2.26. The normalized spacial score (nSPS) is 20.4. The maximum atomic E-state index is 13.4. The summed E-state index contributed by atoms with van der Waals surface area (Å²) in [5, 5.41) is 6.22. The van der Waals surface area contributed by atoms with E-state index in [0.29, 0.717) is 12.0 Å². The third-order valence-corrected chi connectivity index (χ3v) is 5.03. The molecule has 1 aliphatic carbocycles. The number of nitrogens with one attached hydrogen (secondary N) is 1. The Morgan fingerprint density at radius 1 is 1.21 bits per heavy atom. The first-order chi connectivity index (χ1) is 13.1. The van der Waals surface area contributed by atoms with Gasteiger partial charge in [-0.2, -0.15) is 18.3 Å². The number of carbonyl (C=O) groups excluding carboxylic acids is 1. The van der Waals surface area contributed by atoms with Gasteiger partial charge in [0.15, 0.2) is 5.69 Å². The predicted molar refractivity (Wildman–Crippen MR) is 93.3 cm³/mol. The quantitative estimate of drug-likeness (QED) is 0.654. The molecule has 28 heavy (non-hydrogen) atoms. The molecule has 2 aromatic rings. The van der Waals surface area contributed by atoms with Crippen molar-refractivity contribution in [3.05, 3.63) is 47.3 Å². The monoisotopic (exact) mass is 401 g/mol. The molecule has 1 fully saturated rings. The highest BCUT2D eigenvalue weighted by Gasteiger charge is 2.31. The topological polar surface area (TPSA) is 46.9 Å². The van der Waals surface area contributed by atoms with Crippen LogP contribution in [0.25, 0.3) is 0 Å². The summed E-state index contributed by atoms with van der Waals surface area (Å²) in [6.07, 6.45) is -2.67. The van der Waals surface area contributed by atoms with Gasteiger partial charge in [0.05, 0.1) is 17.3 Å². The van der Waals surface area contributed by atoms with Crippen LogP contribution in [0.4, 0.5) is 27.6 Å². The third-order valence-electron chi connectivity index (χ3n) is 5.03. The van der Waals surface area contributed by atoms with Crippen LogP contribution < -0.4 is 5.32 Å². The first kappa shape index (κ1) is 20.3. The van der Waals surface area contributed by atoms with E-state index in [1.807, 2.05) is 0 Å². The number of anilines is 1. The van der Waals surface area contributed by atoms with E-state index >= 15 is 0 Å². The van der Waals surface area contributed by atoms with Crippen LogP contribution in [0.15, 0.2) is 30.5 Å². The first-order valence-electron chi connectivity index (χ1n) is 9.01. The van der Waals surface area contributed by atoms with Crippen molar-refractivity contribution < 1.29 is 26.7 Å². The number of alkyl halides is 5.